The molecular formula is C29H34N3+. The van der Waals surface area contributed by atoms with E-state index in [9.17, 15) is 0 Å². The molecule has 0 saturated carbocycles. The smallest absolute Gasteiger partial charge is 0.289 e. The van der Waals surface area contributed by atoms with E-state index in [0.717, 1.165) is 26.2 Å². The molecular weight excluding hydrogens is 390 g/mol. The molecule has 3 heteroatoms. The average molecular weight is 425 g/mol. The topological polar surface area (TPSA) is 12.1 Å². The summed E-state index contributed by atoms with van der Waals surface area (Å²) in [7, 11) is 0. The molecule has 0 saturated heterocycles. The molecule has 1 aromatic heterocycles. The van der Waals surface area contributed by atoms with E-state index in [2.05, 4.69) is 127 Å². The van der Waals surface area contributed by atoms with Crippen molar-refractivity contribution >= 4 is 5.69 Å². The van der Waals surface area contributed by atoms with Gasteiger partial charge in [-0.15, -0.1) is 0 Å². The summed E-state index contributed by atoms with van der Waals surface area (Å²) in [5.41, 5.74) is 7.60. The number of imidazole rings is 1. The number of nitrogens with zero attached hydrogens (tertiary/aromatic N) is 3. The van der Waals surface area contributed by atoms with Gasteiger partial charge in [0, 0.05) is 29.9 Å². The van der Waals surface area contributed by atoms with Crippen molar-refractivity contribution in [3.8, 4) is 33.9 Å². The van der Waals surface area contributed by atoms with Crippen molar-refractivity contribution < 1.29 is 4.57 Å². The Bertz CT molecular complexity index is 1070. The van der Waals surface area contributed by atoms with E-state index < -0.39 is 0 Å². The van der Waals surface area contributed by atoms with Gasteiger partial charge in [0.2, 0.25) is 0 Å². The zero-order valence-electron chi connectivity index (χ0n) is 19.8. The van der Waals surface area contributed by atoms with Crippen LogP contribution in [0, 0.1) is 0 Å². The first-order chi connectivity index (χ1) is 15.7. The van der Waals surface area contributed by atoms with Crippen LogP contribution in [0.2, 0.25) is 0 Å². The van der Waals surface area contributed by atoms with Crippen molar-refractivity contribution in [3.63, 3.8) is 0 Å². The highest BCUT2D eigenvalue weighted by Gasteiger charge is 2.32. The molecule has 0 N–H and O–H groups in total. The van der Waals surface area contributed by atoms with E-state index >= 15 is 0 Å². The van der Waals surface area contributed by atoms with E-state index in [1.807, 2.05) is 0 Å². The Balaban J connectivity index is 1.99. The van der Waals surface area contributed by atoms with E-state index in [4.69, 9.17) is 0 Å². The number of hydrogen-bond donors (Lipinski definition) is 0. The summed E-state index contributed by atoms with van der Waals surface area (Å²) in [4.78, 5) is 2.39. The molecule has 4 rings (SSSR count). The zero-order chi connectivity index (χ0) is 22.5. The van der Waals surface area contributed by atoms with Gasteiger partial charge in [0.1, 0.15) is 0 Å². The van der Waals surface area contributed by atoms with E-state index in [0.29, 0.717) is 0 Å². The fourth-order valence-corrected chi connectivity index (χ4v) is 4.73. The van der Waals surface area contributed by atoms with Crippen LogP contribution in [0.1, 0.15) is 27.7 Å². The maximum Gasteiger partial charge on any atom is 0.289 e. The molecule has 0 fully saturated rings. The molecule has 0 unspecified atom stereocenters. The van der Waals surface area contributed by atoms with Crippen molar-refractivity contribution in [1.29, 1.82) is 0 Å². The van der Waals surface area contributed by atoms with E-state index in [1.54, 1.807) is 0 Å². The summed E-state index contributed by atoms with van der Waals surface area (Å²) >= 11 is 0. The van der Waals surface area contributed by atoms with Crippen molar-refractivity contribution in [3.05, 3.63) is 84.9 Å². The van der Waals surface area contributed by atoms with Crippen LogP contribution in [0.15, 0.2) is 84.9 Å². The lowest BCUT2D eigenvalue weighted by atomic mass is 10.0. The second kappa shape index (κ2) is 9.86. The molecule has 0 radical (unpaired) electrons. The fourth-order valence-electron chi connectivity index (χ4n) is 4.73. The monoisotopic (exact) mass is 424 g/mol. The molecule has 0 aliphatic carbocycles. The van der Waals surface area contributed by atoms with Gasteiger partial charge in [-0.1, -0.05) is 60.7 Å². The van der Waals surface area contributed by atoms with Gasteiger partial charge in [0.05, 0.1) is 18.7 Å². The SMILES string of the molecule is CCN(CC)c1ccc(-c2n(CC)c(-c3ccccc3)c(-c3ccccc3)[n+]2CC)cc1. The van der Waals surface area contributed by atoms with Gasteiger partial charge >= 0.3 is 0 Å². The lowest BCUT2D eigenvalue weighted by Gasteiger charge is -2.21. The van der Waals surface area contributed by atoms with Crippen molar-refractivity contribution in [2.75, 3.05) is 18.0 Å². The first kappa shape index (κ1) is 21.9. The molecule has 0 atom stereocenters. The second-order valence-electron chi connectivity index (χ2n) is 7.96. The standard InChI is InChI=1S/C29H34N3/c1-5-30(6-2)26-21-19-25(20-22-26)29-31(7-3)27(23-15-11-9-12-16-23)28(32(29)8-4)24-17-13-10-14-18-24/h9-22H,5-8H2,1-4H3/q+1. The van der Waals surface area contributed by atoms with Crippen molar-refractivity contribution in [2.45, 2.75) is 40.8 Å². The minimum atomic E-state index is 0.907. The van der Waals surface area contributed by atoms with Crippen LogP contribution in [0.4, 0.5) is 5.69 Å². The maximum absolute atomic E-state index is 2.48. The number of rotatable bonds is 8. The van der Waals surface area contributed by atoms with Crippen LogP contribution in [0.5, 0.6) is 0 Å². The van der Waals surface area contributed by atoms with Gasteiger partial charge in [-0.05, 0) is 52.0 Å². The summed E-state index contributed by atoms with van der Waals surface area (Å²) in [6.07, 6.45) is 0. The van der Waals surface area contributed by atoms with Gasteiger partial charge in [-0.3, -0.25) is 0 Å². The predicted molar refractivity (Wildman–Crippen MR) is 136 cm³/mol. The van der Waals surface area contributed by atoms with Crippen LogP contribution in [-0.4, -0.2) is 17.7 Å². The number of aromatic nitrogens is 2. The Labute approximate surface area is 192 Å². The fraction of sp³-hybridized carbons (Fsp3) is 0.276. The van der Waals surface area contributed by atoms with Gasteiger partial charge in [-0.2, -0.15) is 0 Å². The van der Waals surface area contributed by atoms with Crippen LogP contribution in [0.25, 0.3) is 33.9 Å². The maximum atomic E-state index is 2.48. The second-order valence-corrected chi connectivity index (χ2v) is 7.96. The van der Waals surface area contributed by atoms with Crippen molar-refractivity contribution in [2.24, 2.45) is 0 Å². The van der Waals surface area contributed by atoms with Crippen LogP contribution in [-0.2, 0) is 13.1 Å². The highest BCUT2D eigenvalue weighted by atomic mass is 15.2. The van der Waals surface area contributed by atoms with E-state index in [-0.39, 0.29) is 0 Å². The summed E-state index contributed by atoms with van der Waals surface area (Å²) in [6.45, 7) is 12.8. The number of hydrogen-bond acceptors (Lipinski definition) is 1. The number of benzene rings is 3. The summed E-state index contributed by atoms with van der Waals surface area (Å²) < 4.78 is 4.96. The molecule has 0 spiro atoms. The summed E-state index contributed by atoms with van der Waals surface area (Å²) in [5.74, 6) is 1.26. The zero-order valence-corrected chi connectivity index (χ0v) is 19.8. The molecule has 0 aliphatic rings. The highest BCUT2D eigenvalue weighted by Crippen LogP contribution is 2.35. The Morgan fingerprint density at radius 1 is 0.656 bits per heavy atom. The molecule has 0 aliphatic heterocycles. The lowest BCUT2D eigenvalue weighted by molar-refractivity contribution is -0.671. The normalized spacial score (nSPS) is 11.0. The Morgan fingerprint density at radius 2 is 1.22 bits per heavy atom. The Hall–Kier alpha value is -3.33. The third-order valence-corrected chi connectivity index (χ3v) is 6.26. The minimum Gasteiger partial charge on any atom is -0.372 e. The quantitative estimate of drug-likeness (QED) is 0.288. The minimum absolute atomic E-state index is 0.907. The average Bonchev–Trinajstić information content (AvgIpc) is 3.20. The molecule has 0 bridgehead atoms. The molecule has 164 valence electrons. The van der Waals surface area contributed by atoms with Crippen molar-refractivity contribution in [1.82, 2.24) is 4.57 Å². The molecule has 3 nitrogen and oxygen atoms in total. The molecule has 32 heavy (non-hydrogen) atoms. The molecule has 3 aromatic carbocycles. The third kappa shape index (κ3) is 3.95. The first-order valence-corrected chi connectivity index (χ1v) is 11.9. The van der Waals surface area contributed by atoms with Crippen LogP contribution >= 0.6 is 0 Å². The summed E-state index contributed by atoms with van der Waals surface area (Å²) in [6, 6.07) is 30.7. The van der Waals surface area contributed by atoms with Gasteiger partial charge in [0.25, 0.3) is 5.82 Å². The highest BCUT2D eigenvalue weighted by molar-refractivity contribution is 5.79. The van der Waals surface area contributed by atoms with Gasteiger partial charge in [-0.25, -0.2) is 9.13 Å². The Morgan fingerprint density at radius 3 is 1.72 bits per heavy atom. The largest absolute Gasteiger partial charge is 0.372 e. The lowest BCUT2D eigenvalue weighted by Crippen LogP contribution is -2.36. The van der Waals surface area contributed by atoms with Crippen LogP contribution in [0.3, 0.4) is 0 Å². The van der Waals surface area contributed by atoms with Gasteiger partial charge in [0.15, 0.2) is 11.4 Å². The van der Waals surface area contributed by atoms with Crippen LogP contribution < -0.4 is 9.47 Å². The molecule has 0 amide bonds. The Kier molecular flexibility index (Phi) is 6.75. The first-order valence-electron chi connectivity index (χ1n) is 11.9. The van der Waals surface area contributed by atoms with Gasteiger partial charge < -0.3 is 4.90 Å². The third-order valence-electron chi connectivity index (χ3n) is 6.26. The molecule has 4 aromatic rings. The predicted octanol–water partition coefficient (Wildman–Crippen LogP) is 6.66. The number of anilines is 1. The molecule has 1 heterocycles. The summed E-state index contributed by atoms with van der Waals surface area (Å²) in [5, 5.41) is 0. The van der Waals surface area contributed by atoms with E-state index in [1.165, 1.54) is 39.6 Å².